The molecule has 3 nitrogen and oxygen atoms in total. The van der Waals surface area contributed by atoms with Crippen molar-refractivity contribution in [3.05, 3.63) is 61.1 Å². The van der Waals surface area contributed by atoms with Crippen LogP contribution in [-0.2, 0) is 0 Å². The number of furan rings is 2. The molecule has 0 unspecified atom stereocenters. The fourth-order valence-electron chi connectivity index (χ4n) is 2.26. The van der Waals surface area contributed by atoms with E-state index < -0.39 is 0 Å². The van der Waals surface area contributed by atoms with E-state index in [1.807, 2.05) is 36.4 Å². The molecule has 4 rings (SSSR count). The quantitative estimate of drug-likeness (QED) is 0.547. The summed E-state index contributed by atoms with van der Waals surface area (Å²) in [6.45, 7) is 0. The van der Waals surface area contributed by atoms with E-state index in [-0.39, 0.29) is 0 Å². The molecule has 0 saturated carbocycles. The van der Waals surface area contributed by atoms with E-state index in [0.717, 1.165) is 33.3 Å². The highest BCUT2D eigenvalue weighted by Crippen LogP contribution is 2.25. The number of rotatable bonds is 2. The summed E-state index contributed by atoms with van der Waals surface area (Å²) in [4.78, 5) is 0. The predicted octanol–water partition coefficient (Wildman–Crippen LogP) is 4.92. The Bertz CT molecular complexity index is 785. The third-order valence-electron chi connectivity index (χ3n) is 3.19. The zero-order valence-corrected chi connectivity index (χ0v) is 10.1. The maximum absolute atomic E-state index is 5.33. The average molecular weight is 249 g/mol. The Morgan fingerprint density at radius 2 is 1.16 bits per heavy atom. The standard InChI is InChI=1S/C16H11NO2/c1-3-15-11(5-7-18-15)9-13(1)17-14-2-4-16-12(10-14)6-8-19-16/h1-10,17H. The summed E-state index contributed by atoms with van der Waals surface area (Å²) >= 11 is 0. The Kier molecular flexibility index (Phi) is 2.12. The number of fused-ring (bicyclic) bond motifs is 2. The predicted molar refractivity (Wildman–Crippen MR) is 75.7 cm³/mol. The Labute approximate surface area is 109 Å². The van der Waals surface area contributed by atoms with E-state index in [0.29, 0.717) is 0 Å². The van der Waals surface area contributed by atoms with Gasteiger partial charge in [-0.3, -0.25) is 0 Å². The van der Waals surface area contributed by atoms with Crippen molar-refractivity contribution in [3.8, 4) is 0 Å². The first-order valence-electron chi connectivity index (χ1n) is 6.10. The lowest BCUT2D eigenvalue weighted by atomic mass is 10.2. The average Bonchev–Trinajstić information content (AvgIpc) is 3.05. The first-order valence-corrected chi connectivity index (χ1v) is 6.10. The summed E-state index contributed by atoms with van der Waals surface area (Å²) in [5.41, 5.74) is 3.88. The molecule has 0 fully saturated rings. The molecule has 0 radical (unpaired) electrons. The van der Waals surface area contributed by atoms with Crippen LogP contribution in [0.4, 0.5) is 11.4 Å². The SMILES string of the molecule is c1cc2cc(Nc3ccc4occc4c3)ccc2o1. The molecule has 2 aromatic carbocycles. The smallest absolute Gasteiger partial charge is 0.133 e. The van der Waals surface area contributed by atoms with Crippen molar-refractivity contribution in [1.82, 2.24) is 0 Å². The van der Waals surface area contributed by atoms with Gasteiger partial charge in [0.25, 0.3) is 0 Å². The molecule has 0 bridgehead atoms. The Hall–Kier alpha value is -2.68. The van der Waals surface area contributed by atoms with Gasteiger partial charge in [0.1, 0.15) is 11.2 Å². The molecule has 19 heavy (non-hydrogen) atoms. The summed E-state index contributed by atoms with van der Waals surface area (Å²) in [6.07, 6.45) is 3.40. The van der Waals surface area contributed by atoms with Crippen LogP contribution in [0.1, 0.15) is 0 Å². The molecule has 2 aromatic heterocycles. The topological polar surface area (TPSA) is 38.3 Å². The van der Waals surface area contributed by atoms with Crippen molar-refractivity contribution in [3.63, 3.8) is 0 Å². The van der Waals surface area contributed by atoms with Crippen LogP contribution in [0.2, 0.25) is 0 Å². The second kappa shape index (κ2) is 3.92. The molecule has 0 aliphatic carbocycles. The van der Waals surface area contributed by atoms with Crippen molar-refractivity contribution < 1.29 is 8.83 Å². The van der Waals surface area contributed by atoms with Gasteiger partial charge in [-0.15, -0.1) is 0 Å². The van der Waals surface area contributed by atoms with Crippen LogP contribution in [-0.4, -0.2) is 0 Å². The maximum Gasteiger partial charge on any atom is 0.133 e. The molecular weight excluding hydrogens is 238 g/mol. The zero-order chi connectivity index (χ0) is 12.7. The van der Waals surface area contributed by atoms with Gasteiger partial charge in [-0.05, 0) is 48.5 Å². The van der Waals surface area contributed by atoms with Crippen molar-refractivity contribution in [2.45, 2.75) is 0 Å². The fourth-order valence-corrected chi connectivity index (χ4v) is 2.26. The zero-order valence-electron chi connectivity index (χ0n) is 10.1. The molecule has 0 spiro atoms. The Morgan fingerprint density at radius 1 is 0.632 bits per heavy atom. The number of hydrogen-bond acceptors (Lipinski definition) is 3. The van der Waals surface area contributed by atoms with Crippen LogP contribution in [0.3, 0.4) is 0 Å². The largest absolute Gasteiger partial charge is 0.464 e. The van der Waals surface area contributed by atoms with Crippen LogP contribution in [0.5, 0.6) is 0 Å². The molecule has 4 aromatic rings. The summed E-state index contributed by atoms with van der Waals surface area (Å²) in [5, 5.41) is 5.57. The summed E-state index contributed by atoms with van der Waals surface area (Å²) in [5.74, 6) is 0. The highest BCUT2D eigenvalue weighted by molar-refractivity contribution is 5.85. The first-order chi connectivity index (χ1) is 9.38. The number of nitrogens with one attached hydrogen (secondary N) is 1. The maximum atomic E-state index is 5.33. The van der Waals surface area contributed by atoms with Crippen LogP contribution < -0.4 is 5.32 Å². The highest BCUT2D eigenvalue weighted by Gasteiger charge is 2.01. The minimum Gasteiger partial charge on any atom is -0.464 e. The monoisotopic (exact) mass is 249 g/mol. The molecule has 0 saturated heterocycles. The van der Waals surface area contributed by atoms with Crippen molar-refractivity contribution in [2.75, 3.05) is 5.32 Å². The Morgan fingerprint density at radius 3 is 1.68 bits per heavy atom. The lowest BCUT2D eigenvalue weighted by Crippen LogP contribution is -1.89. The van der Waals surface area contributed by atoms with Crippen LogP contribution in [0, 0.1) is 0 Å². The number of benzene rings is 2. The Balaban J connectivity index is 1.72. The third-order valence-corrected chi connectivity index (χ3v) is 3.19. The first kappa shape index (κ1) is 10.3. The van der Waals surface area contributed by atoms with Gasteiger partial charge in [-0.1, -0.05) is 0 Å². The molecule has 0 aliphatic rings. The second-order valence-corrected chi connectivity index (χ2v) is 4.47. The van der Waals surface area contributed by atoms with Gasteiger partial charge in [0.2, 0.25) is 0 Å². The van der Waals surface area contributed by atoms with E-state index >= 15 is 0 Å². The van der Waals surface area contributed by atoms with Gasteiger partial charge in [-0.25, -0.2) is 0 Å². The molecule has 1 N–H and O–H groups in total. The summed E-state index contributed by atoms with van der Waals surface area (Å²) < 4.78 is 10.7. The van der Waals surface area contributed by atoms with E-state index in [1.54, 1.807) is 12.5 Å². The molecule has 0 aliphatic heterocycles. The normalized spacial score (nSPS) is 11.2. The molecule has 0 amide bonds. The minimum atomic E-state index is 0.899. The van der Waals surface area contributed by atoms with E-state index in [1.165, 1.54) is 0 Å². The van der Waals surface area contributed by atoms with Gasteiger partial charge in [0, 0.05) is 22.1 Å². The molecular formula is C16H11NO2. The van der Waals surface area contributed by atoms with Crippen LogP contribution in [0.25, 0.3) is 21.9 Å². The van der Waals surface area contributed by atoms with Crippen molar-refractivity contribution in [2.24, 2.45) is 0 Å². The van der Waals surface area contributed by atoms with Gasteiger partial charge in [0.15, 0.2) is 0 Å². The van der Waals surface area contributed by atoms with Crippen molar-refractivity contribution >= 4 is 33.3 Å². The summed E-state index contributed by atoms with van der Waals surface area (Å²) in [7, 11) is 0. The third kappa shape index (κ3) is 1.76. The van der Waals surface area contributed by atoms with E-state index in [4.69, 9.17) is 8.83 Å². The lowest BCUT2D eigenvalue weighted by Gasteiger charge is -2.06. The van der Waals surface area contributed by atoms with Gasteiger partial charge >= 0.3 is 0 Å². The fraction of sp³-hybridized carbons (Fsp3) is 0. The van der Waals surface area contributed by atoms with Crippen molar-refractivity contribution in [1.29, 1.82) is 0 Å². The van der Waals surface area contributed by atoms with Gasteiger partial charge in [-0.2, -0.15) is 0 Å². The van der Waals surface area contributed by atoms with E-state index in [9.17, 15) is 0 Å². The second-order valence-electron chi connectivity index (χ2n) is 4.47. The number of anilines is 2. The van der Waals surface area contributed by atoms with Gasteiger partial charge < -0.3 is 14.2 Å². The molecule has 92 valence electrons. The summed E-state index contributed by atoms with van der Waals surface area (Å²) in [6, 6.07) is 16.0. The molecule has 3 heteroatoms. The molecule has 0 atom stereocenters. The minimum absolute atomic E-state index is 0.899. The lowest BCUT2D eigenvalue weighted by molar-refractivity contribution is 0.615. The van der Waals surface area contributed by atoms with Crippen LogP contribution >= 0.6 is 0 Å². The van der Waals surface area contributed by atoms with Gasteiger partial charge in [0.05, 0.1) is 12.5 Å². The van der Waals surface area contributed by atoms with E-state index in [2.05, 4.69) is 17.4 Å². The highest BCUT2D eigenvalue weighted by atomic mass is 16.3. The molecule has 2 heterocycles. The number of hydrogen-bond donors (Lipinski definition) is 1. The van der Waals surface area contributed by atoms with Crippen LogP contribution in [0.15, 0.2) is 69.9 Å².